The molecule has 0 bridgehead atoms. The van der Waals surface area contributed by atoms with Gasteiger partial charge in [0, 0.05) is 31.2 Å². The highest BCUT2D eigenvalue weighted by molar-refractivity contribution is 7.18. The molecule has 0 aliphatic carbocycles. The van der Waals surface area contributed by atoms with Gasteiger partial charge in [-0.2, -0.15) is 0 Å². The summed E-state index contributed by atoms with van der Waals surface area (Å²) in [5.74, 6) is -0.436. The average Bonchev–Trinajstić information content (AvgIpc) is 3.24. The first-order valence-electron chi connectivity index (χ1n) is 11.5. The fourth-order valence-corrected chi connectivity index (χ4v) is 5.85. The maximum atomic E-state index is 13.5. The number of nitrogens with zero attached hydrogens (tertiary/aromatic N) is 3. The number of ketones is 1. The lowest BCUT2D eigenvalue weighted by Gasteiger charge is -2.39. The molecule has 4 aromatic rings. The van der Waals surface area contributed by atoms with Crippen LogP contribution in [0.3, 0.4) is 0 Å². The van der Waals surface area contributed by atoms with Gasteiger partial charge in [0.25, 0.3) is 0 Å². The van der Waals surface area contributed by atoms with Gasteiger partial charge in [-0.05, 0) is 53.6 Å². The van der Waals surface area contributed by atoms with Gasteiger partial charge in [0.15, 0.2) is 5.78 Å². The number of carbonyl (C=O) groups excluding carboxylic acids is 1. The number of Topliss-reactive ketones (excluding diaryl/α,β-unsaturated/α-hetero) is 1. The highest BCUT2D eigenvalue weighted by Gasteiger charge is 2.27. The zero-order valence-corrected chi connectivity index (χ0v) is 20.5. The van der Waals surface area contributed by atoms with Crippen molar-refractivity contribution in [1.82, 2.24) is 14.8 Å². The molecule has 0 saturated carbocycles. The predicted octanol–water partition coefficient (Wildman–Crippen LogP) is 5.75. The van der Waals surface area contributed by atoms with E-state index in [4.69, 9.17) is 11.6 Å². The molecule has 0 unspecified atom stereocenters. The lowest BCUT2D eigenvalue weighted by molar-refractivity contribution is -0.120. The van der Waals surface area contributed by atoms with Crippen molar-refractivity contribution >= 4 is 38.9 Å². The van der Waals surface area contributed by atoms with Crippen molar-refractivity contribution in [2.75, 3.05) is 32.7 Å². The Hall–Kier alpha value is -2.71. The van der Waals surface area contributed by atoms with Gasteiger partial charge in [0.1, 0.15) is 16.6 Å². The minimum atomic E-state index is -0.286. The first kappa shape index (κ1) is 24.0. The SMILES string of the molecule is O=C(Cc1nc2ccc(Cl)cc2s1)CN1CCN(C(c2ccc(F)cc2)c2ccc(F)cc2)CC1. The second-order valence-electron chi connectivity index (χ2n) is 8.75. The van der Waals surface area contributed by atoms with E-state index in [-0.39, 0.29) is 23.5 Å². The molecular formula is C27H24ClF2N3OS. The first-order valence-corrected chi connectivity index (χ1v) is 12.7. The summed E-state index contributed by atoms with van der Waals surface area (Å²) in [7, 11) is 0. The quantitative estimate of drug-likeness (QED) is 0.317. The molecule has 0 spiro atoms. The molecule has 1 saturated heterocycles. The predicted molar refractivity (Wildman–Crippen MR) is 136 cm³/mol. The van der Waals surface area contributed by atoms with E-state index in [0.717, 1.165) is 52.5 Å². The minimum absolute atomic E-state index is 0.108. The van der Waals surface area contributed by atoms with Crippen LogP contribution in [-0.2, 0) is 11.2 Å². The smallest absolute Gasteiger partial charge is 0.153 e. The van der Waals surface area contributed by atoms with Gasteiger partial charge in [-0.1, -0.05) is 35.9 Å². The van der Waals surface area contributed by atoms with Crippen LogP contribution in [0.5, 0.6) is 0 Å². The molecular weight excluding hydrogens is 488 g/mol. The topological polar surface area (TPSA) is 36.4 Å². The fraction of sp³-hybridized carbons (Fsp3) is 0.259. The van der Waals surface area contributed by atoms with Gasteiger partial charge in [0.05, 0.1) is 29.2 Å². The molecule has 0 N–H and O–H groups in total. The number of thiazole rings is 1. The number of fused-ring (bicyclic) bond motifs is 1. The van der Waals surface area contributed by atoms with Crippen molar-refractivity contribution in [3.05, 3.63) is 99.5 Å². The number of hydrogen-bond acceptors (Lipinski definition) is 5. The number of halogens is 3. The summed E-state index contributed by atoms with van der Waals surface area (Å²) in [6, 6.07) is 18.4. The van der Waals surface area contributed by atoms with Crippen molar-refractivity contribution in [2.24, 2.45) is 0 Å². The zero-order valence-electron chi connectivity index (χ0n) is 19.0. The van der Waals surface area contributed by atoms with Crippen molar-refractivity contribution in [3.8, 4) is 0 Å². The second kappa shape index (κ2) is 10.5. The maximum Gasteiger partial charge on any atom is 0.153 e. The van der Waals surface area contributed by atoms with Crippen LogP contribution in [0.25, 0.3) is 10.2 Å². The van der Waals surface area contributed by atoms with E-state index in [2.05, 4.69) is 14.8 Å². The Morgan fingerprint density at radius 2 is 1.51 bits per heavy atom. The number of carbonyl (C=O) groups is 1. The summed E-state index contributed by atoms with van der Waals surface area (Å²) in [6.07, 6.45) is 0.310. The van der Waals surface area contributed by atoms with Crippen LogP contribution < -0.4 is 0 Å². The first-order chi connectivity index (χ1) is 16.9. The van der Waals surface area contributed by atoms with Crippen LogP contribution in [0.1, 0.15) is 22.2 Å². The van der Waals surface area contributed by atoms with Crippen LogP contribution in [0.15, 0.2) is 66.7 Å². The van der Waals surface area contributed by atoms with Crippen molar-refractivity contribution in [1.29, 1.82) is 0 Å². The van der Waals surface area contributed by atoms with Gasteiger partial charge >= 0.3 is 0 Å². The van der Waals surface area contributed by atoms with Crippen LogP contribution in [0.2, 0.25) is 5.02 Å². The highest BCUT2D eigenvalue weighted by Crippen LogP contribution is 2.30. The molecule has 5 rings (SSSR count). The average molecular weight is 512 g/mol. The fourth-order valence-electron chi connectivity index (χ4n) is 4.58. The summed E-state index contributed by atoms with van der Waals surface area (Å²) in [4.78, 5) is 21.8. The largest absolute Gasteiger partial charge is 0.298 e. The summed E-state index contributed by atoms with van der Waals surface area (Å²) in [5.41, 5.74) is 2.78. The molecule has 3 aromatic carbocycles. The van der Waals surface area contributed by atoms with Gasteiger partial charge < -0.3 is 0 Å². The van der Waals surface area contributed by atoms with E-state index in [1.54, 1.807) is 30.3 Å². The summed E-state index contributed by atoms with van der Waals surface area (Å²) < 4.78 is 28.1. The van der Waals surface area contributed by atoms with Crippen LogP contribution in [0, 0.1) is 11.6 Å². The molecule has 1 aromatic heterocycles. The summed E-state index contributed by atoms with van der Waals surface area (Å²) in [5, 5.41) is 1.47. The Kier molecular flexibility index (Phi) is 7.20. The lowest BCUT2D eigenvalue weighted by atomic mass is 9.96. The third-order valence-electron chi connectivity index (χ3n) is 6.29. The van der Waals surface area contributed by atoms with Crippen LogP contribution >= 0.6 is 22.9 Å². The Morgan fingerprint density at radius 3 is 2.11 bits per heavy atom. The monoisotopic (exact) mass is 511 g/mol. The molecule has 1 fully saturated rings. The normalized spacial score (nSPS) is 15.2. The van der Waals surface area contributed by atoms with Crippen LogP contribution in [0.4, 0.5) is 8.78 Å². The standard InChI is InChI=1S/C27H24ClF2N3OS/c28-20-5-10-24-25(15-20)35-26(31-24)16-23(34)17-32-11-13-33(14-12-32)27(18-1-6-21(29)7-2-18)19-3-8-22(30)9-4-19/h1-10,15,27H,11-14,16-17H2. The third kappa shape index (κ3) is 5.76. The van der Waals surface area contributed by atoms with Gasteiger partial charge in [-0.15, -0.1) is 11.3 Å². The highest BCUT2D eigenvalue weighted by atomic mass is 35.5. The Bertz CT molecular complexity index is 1270. The summed E-state index contributed by atoms with van der Waals surface area (Å²) in [6.45, 7) is 3.33. The Balaban J connectivity index is 1.23. The van der Waals surface area contributed by atoms with E-state index >= 15 is 0 Å². The Labute approximate surface area is 211 Å². The number of hydrogen-bond donors (Lipinski definition) is 0. The molecule has 0 radical (unpaired) electrons. The number of aromatic nitrogens is 1. The lowest BCUT2D eigenvalue weighted by Crippen LogP contribution is -2.49. The van der Waals surface area contributed by atoms with E-state index in [1.807, 2.05) is 12.1 Å². The van der Waals surface area contributed by atoms with Gasteiger partial charge in [-0.3, -0.25) is 14.6 Å². The van der Waals surface area contributed by atoms with Crippen molar-refractivity contribution in [2.45, 2.75) is 12.5 Å². The molecule has 0 amide bonds. The summed E-state index contributed by atoms with van der Waals surface area (Å²) >= 11 is 7.56. The number of rotatable bonds is 7. The van der Waals surface area contributed by atoms with Gasteiger partial charge in [0.2, 0.25) is 0 Å². The van der Waals surface area contributed by atoms with E-state index in [9.17, 15) is 13.6 Å². The molecule has 1 aliphatic heterocycles. The minimum Gasteiger partial charge on any atom is -0.298 e. The second-order valence-corrected chi connectivity index (χ2v) is 10.3. The Morgan fingerprint density at radius 1 is 0.914 bits per heavy atom. The van der Waals surface area contributed by atoms with E-state index in [1.165, 1.54) is 35.6 Å². The van der Waals surface area contributed by atoms with E-state index < -0.39 is 0 Å². The third-order valence-corrected chi connectivity index (χ3v) is 7.54. The van der Waals surface area contributed by atoms with E-state index in [0.29, 0.717) is 18.0 Å². The maximum absolute atomic E-state index is 13.5. The molecule has 0 atom stereocenters. The van der Waals surface area contributed by atoms with Gasteiger partial charge in [-0.25, -0.2) is 13.8 Å². The van der Waals surface area contributed by atoms with Crippen molar-refractivity contribution < 1.29 is 13.6 Å². The number of piperazine rings is 1. The molecule has 4 nitrogen and oxygen atoms in total. The molecule has 2 heterocycles. The molecule has 180 valence electrons. The molecule has 35 heavy (non-hydrogen) atoms. The molecule has 1 aliphatic rings. The molecule has 8 heteroatoms. The zero-order chi connectivity index (χ0) is 24.4. The number of benzene rings is 3. The van der Waals surface area contributed by atoms with Crippen LogP contribution in [-0.4, -0.2) is 53.3 Å². The van der Waals surface area contributed by atoms with Crippen molar-refractivity contribution in [3.63, 3.8) is 0 Å².